The highest BCUT2D eigenvalue weighted by atomic mass is 32.2. The molecule has 0 fully saturated rings. The molecule has 0 amide bonds. The lowest BCUT2D eigenvalue weighted by Crippen LogP contribution is -2.26. The fraction of sp³-hybridized carbons (Fsp3) is 0.211. The van der Waals surface area contributed by atoms with Crippen molar-refractivity contribution in [3.05, 3.63) is 78.9 Å². The van der Waals surface area contributed by atoms with E-state index in [1.165, 1.54) is 11.8 Å². The Bertz CT molecular complexity index is 595. The first-order valence-electron chi connectivity index (χ1n) is 7.32. The molecular formula is C19H20O2S. The second kappa shape index (κ2) is 8.44. The average Bonchev–Trinajstić information content (AvgIpc) is 2.57. The summed E-state index contributed by atoms with van der Waals surface area (Å²) in [6, 6.07) is 19.9. The molecule has 2 atom stereocenters. The lowest BCUT2D eigenvalue weighted by atomic mass is 9.95. The summed E-state index contributed by atoms with van der Waals surface area (Å²) in [4.78, 5) is 13.5. The van der Waals surface area contributed by atoms with E-state index in [0.29, 0.717) is 6.61 Å². The first-order chi connectivity index (χ1) is 10.8. The topological polar surface area (TPSA) is 26.3 Å². The van der Waals surface area contributed by atoms with Gasteiger partial charge in [-0.2, -0.15) is 0 Å². The van der Waals surface area contributed by atoms with Gasteiger partial charge in [-0.05, 0) is 24.6 Å². The summed E-state index contributed by atoms with van der Waals surface area (Å²) >= 11 is 1.52. The highest BCUT2D eigenvalue weighted by Gasteiger charge is 2.29. The minimum absolute atomic E-state index is 0.0922. The second-order valence-electron chi connectivity index (χ2n) is 4.78. The highest BCUT2D eigenvalue weighted by Crippen LogP contribution is 2.35. The molecule has 22 heavy (non-hydrogen) atoms. The van der Waals surface area contributed by atoms with Crippen LogP contribution in [-0.4, -0.2) is 17.8 Å². The summed E-state index contributed by atoms with van der Waals surface area (Å²) in [6.07, 6.45) is 1.83. The Balaban J connectivity index is 2.30. The van der Waals surface area contributed by atoms with Crippen LogP contribution < -0.4 is 0 Å². The van der Waals surface area contributed by atoms with Crippen LogP contribution in [0.5, 0.6) is 0 Å². The van der Waals surface area contributed by atoms with E-state index in [4.69, 9.17) is 4.74 Å². The van der Waals surface area contributed by atoms with E-state index in [2.05, 4.69) is 6.58 Å². The van der Waals surface area contributed by atoms with E-state index >= 15 is 0 Å². The van der Waals surface area contributed by atoms with E-state index in [1.807, 2.05) is 73.7 Å². The predicted octanol–water partition coefficient (Wildman–Crippen LogP) is 4.68. The van der Waals surface area contributed by atoms with Crippen LogP contribution in [-0.2, 0) is 9.53 Å². The molecule has 0 saturated carbocycles. The molecule has 2 rings (SSSR count). The minimum atomic E-state index is -0.345. The summed E-state index contributed by atoms with van der Waals surface area (Å²) in [6.45, 7) is 6.13. The largest absolute Gasteiger partial charge is 0.465 e. The molecule has 2 aromatic carbocycles. The van der Waals surface area contributed by atoms with Crippen LogP contribution in [0.2, 0.25) is 0 Å². The Labute approximate surface area is 136 Å². The van der Waals surface area contributed by atoms with Gasteiger partial charge >= 0.3 is 5.97 Å². The third-order valence-electron chi connectivity index (χ3n) is 3.29. The van der Waals surface area contributed by atoms with Crippen LogP contribution in [0.25, 0.3) is 0 Å². The zero-order valence-electron chi connectivity index (χ0n) is 12.6. The third kappa shape index (κ3) is 4.25. The van der Waals surface area contributed by atoms with Crippen molar-refractivity contribution in [3.63, 3.8) is 0 Å². The highest BCUT2D eigenvalue weighted by molar-refractivity contribution is 8.00. The number of ether oxygens (including phenoxy) is 1. The minimum Gasteiger partial charge on any atom is -0.465 e. The second-order valence-corrected chi connectivity index (χ2v) is 5.99. The molecule has 0 N–H and O–H groups in total. The van der Waals surface area contributed by atoms with E-state index in [-0.39, 0.29) is 17.1 Å². The van der Waals surface area contributed by atoms with Gasteiger partial charge in [0.25, 0.3) is 0 Å². The lowest BCUT2D eigenvalue weighted by molar-refractivity contribution is -0.142. The number of hydrogen-bond acceptors (Lipinski definition) is 3. The van der Waals surface area contributed by atoms with Crippen LogP contribution in [0.3, 0.4) is 0 Å². The number of carbonyl (C=O) groups excluding carboxylic acids is 1. The molecule has 0 aliphatic rings. The normalized spacial score (nSPS) is 13.1. The average molecular weight is 312 g/mol. The molecule has 0 saturated heterocycles. The molecular weight excluding hydrogens is 292 g/mol. The first-order valence-corrected chi connectivity index (χ1v) is 8.20. The van der Waals surface area contributed by atoms with Gasteiger partial charge in [0.05, 0.1) is 6.61 Å². The molecule has 3 heteroatoms. The van der Waals surface area contributed by atoms with Gasteiger partial charge in [0.1, 0.15) is 5.25 Å². The standard InChI is InChI=1S/C19H20O2S/c1-3-17(15-11-7-5-8-12-15)18(19(20)21-4-2)22-16-13-9-6-10-14-16/h3,5-14,17-18H,1,4H2,2H3/t17-,18-/m1/s1. The zero-order chi connectivity index (χ0) is 15.8. The van der Waals surface area contributed by atoms with Crippen molar-refractivity contribution in [2.24, 2.45) is 0 Å². The molecule has 114 valence electrons. The van der Waals surface area contributed by atoms with Crippen molar-refractivity contribution < 1.29 is 9.53 Å². The number of thioether (sulfide) groups is 1. The summed E-state index contributed by atoms with van der Waals surface area (Å²) in [7, 11) is 0. The van der Waals surface area contributed by atoms with Gasteiger partial charge in [-0.15, -0.1) is 18.3 Å². The lowest BCUT2D eigenvalue weighted by Gasteiger charge is -2.23. The van der Waals surface area contributed by atoms with Crippen molar-refractivity contribution in [3.8, 4) is 0 Å². The van der Waals surface area contributed by atoms with Crippen LogP contribution in [0.1, 0.15) is 18.4 Å². The number of esters is 1. The third-order valence-corrected chi connectivity index (χ3v) is 4.57. The van der Waals surface area contributed by atoms with Crippen molar-refractivity contribution in [1.29, 1.82) is 0 Å². The molecule has 0 bridgehead atoms. The van der Waals surface area contributed by atoms with Gasteiger partial charge in [-0.25, -0.2) is 0 Å². The van der Waals surface area contributed by atoms with E-state index < -0.39 is 0 Å². The van der Waals surface area contributed by atoms with E-state index in [1.54, 1.807) is 0 Å². The fourth-order valence-electron chi connectivity index (χ4n) is 2.25. The first kappa shape index (κ1) is 16.4. The van der Waals surface area contributed by atoms with Gasteiger partial charge in [-0.3, -0.25) is 4.79 Å². The van der Waals surface area contributed by atoms with E-state index in [0.717, 1.165) is 10.5 Å². The summed E-state index contributed by atoms with van der Waals surface area (Å²) in [5, 5.41) is -0.345. The van der Waals surface area contributed by atoms with Gasteiger partial charge in [0, 0.05) is 10.8 Å². The number of hydrogen-bond donors (Lipinski definition) is 0. The van der Waals surface area contributed by atoms with Crippen molar-refractivity contribution in [1.82, 2.24) is 0 Å². The smallest absolute Gasteiger partial charge is 0.320 e. The molecule has 0 heterocycles. The molecule has 0 radical (unpaired) electrons. The number of carbonyl (C=O) groups is 1. The van der Waals surface area contributed by atoms with Crippen LogP contribution >= 0.6 is 11.8 Å². The maximum Gasteiger partial charge on any atom is 0.320 e. The van der Waals surface area contributed by atoms with Crippen LogP contribution in [0, 0.1) is 0 Å². The van der Waals surface area contributed by atoms with Gasteiger partial charge in [0.15, 0.2) is 0 Å². The molecule has 0 aromatic heterocycles. The molecule has 0 aliphatic carbocycles. The van der Waals surface area contributed by atoms with Crippen LogP contribution in [0.4, 0.5) is 0 Å². The molecule has 2 aromatic rings. The molecule has 0 spiro atoms. The molecule has 2 nitrogen and oxygen atoms in total. The Kier molecular flexibility index (Phi) is 6.28. The van der Waals surface area contributed by atoms with E-state index in [9.17, 15) is 4.79 Å². The monoisotopic (exact) mass is 312 g/mol. The number of benzene rings is 2. The fourth-order valence-corrected chi connectivity index (χ4v) is 3.43. The van der Waals surface area contributed by atoms with Crippen molar-refractivity contribution in [2.75, 3.05) is 6.61 Å². The van der Waals surface area contributed by atoms with Crippen molar-refractivity contribution in [2.45, 2.75) is 23.0 Å². The quantitative estimate of drug-likeness (QED) is 0.422. The Morgan fingerprint density at radius 1 is 1.14 bits per heavy atom. The molecule has 0 aliphatic heterocycles. The maximum atomic E-state index is 12.4. The van der Waals surface area contributed by atoms with Crippen molar-refractivity contribution >= 4 is 17.7 Å². The van der Waals surface area contributed by atoms with Gasteiger partial charge in [0.2, 0.25) is 0 Å². The van der Waals surface area contributed by atoms with Gasteiger partial charge < -0.3 is 4.74 Å². The Morgan fingerprint density at radius 3 is 2.27 bits per heavy atom. The Hall–Kier alpha value is -2.00. The van der Waals surface area contributed by atoms with Gasteiger partial charge in [-0.1, -0.05) is 54.6 Å². The summed E-state index contributed by atoms with van der Waals surface area (Å²) < 4.78 is 5.27. The number of allylic oxidation sites excluding steroid dienone is 1. The molecule has 0 unspecified atom stereocenters. The number of rotatable bonds is 7. The SMILES string of the molecule is C=C[C@H](c1ccccc1)[C@@H](Sc1ccccc1)C(=O)OCC. The van der Waals surface area contributed by atoms with Crippen LogP contribution in [0.15, 0.2) is 78.2 Å². The predicted molar refractivity (Wildman–Crippen MR) is 92.1 cm³/mol. The zero-order valence-corrected chi connectivity index (χ0v) is 13.5. The summed E-state index contributed by atoms with van der Waals surface area (Å²) in [5.41, 5.74) is 1.07. The maximum absolute atomic E-state index is 12.4. The Morgan fingerprint density at radius 2 is 1.73 bits per heavy atom. The summed E-state index contributed by atoms with van der Waals surface area (Å²) in [5.74, 6) is -0.296.